The van der Waals surface area contributed by atoms with Crippen molar-refractivity contribution in [2.24, 2.45) is 0 Å². The molecule has 2 heterocycles. The first-order valence-corrected chi connectivity index (χ1v) is 7.75. The zero-order valence-corrected chi connectivity index (χ0v) is 13.0. The van der Waals surface area contributed by atoms with Gasteiger partial charge in [0.25, 0.3) is 0 Å². The fraction of sp³-hybridized carbons (Fsp3) is 0.357. The topological polar surface area (TPSA) is 24.9 Å². The number of hydrogen-bond acceptors (Lipinski definition) is 3. The lowest BCUT2D eigenvalue weighted by atomic mass is 10.0. The summed E-state index contributed by atoms with van der Waals surface area (Å²) in [6.07, 6.45) is 2.80. The number of aromatic nitrogens is 1. The highest BCUT2D eigenvalue weighted by Crippen LogP contribution is 2.27. The van der Waals surface area contributed by atoms with Crippen LogP contribution in [0.4, 0.5) is 0 Å². The Labute approximate surface area is 121 Å². The molecule has 0 bridgehead atoms. The maximum Gasteiger partial charge on any atom is 0.0701 e. The van der Waals surface area contributed by atoms with Crippen molar-refractivity contribution in [3.8, 4) is 0 Å². The molecule has 1 unspecified atom stereocenters. The quantitative estimate of drug-likeness (QED) is 0.895. The maximum absolute atomic E-state index is 4.48. The number of nitrogens with one attached hydrogen (secondary N) is 1. The number of thiophene rings is 1. The zero-order valence-electron chi connectivity index (χ0n) is 10.6. The standard InChI is InChI=1S/C14H17BrN2S/c1-3-16-13(11-7-14(15)18-9-11)8-12-10(2)5-4-6-17-12/h4-7,9,13,16H,3,8H2,1-2H3. The van der Waals surface area contributed by atoms with Crippen LogP contribution in [0.25, 0.3) is 0 Å². The Balaban J connectivity index is 2.19. The minimum atomic E-state index is 0.339. The molecule has 2 aromatic rings. The third-order valence-electron chi connectivity index (χ3n) is 2.96. The van der Waals surface area contributed by atoms with E-state index in [1.807, 2.05) is 12.3 Å². The van der Waals surface area contributed by atoms with E-state index in [0.29, 0.717) is 6.04 Å². The van der Waals surface area contributed by atoms with Crippen LogP contribution in [0.5, 0.6) is 0 Å². The fourth-order valence-corrected chi connectivity index (χ4v) is 3.22. The lowest BCUT2D eigenvalue weighted by Gasteiger charge is -2.17. The Bertz CT molecular complexity index is 510. The van der Waals surface area contributed by atoms with Crippen LogP contribution in [0.2, 0.25) is 0 Å². The molecule has 96 valence electrons. The predicted octanol–water partition coefficient (Wildman–Crippen LogP) is 4.11. The number of aryl methyl sites for hydroxylation is 1. The summed E-state index contributed by atoms with van der Waals surface area (Å²) in [5, 5.41) is 5.74. The summed E-state index contributed by atoms with van der Waals surface area (Å²) < 4.78 is 1.18. The van der Waals surface area contributed by atoms with Crippen molar-refractivity contribution < 1.29 is 0 Å². The van der Waals surface area contributed by atoms with Crippen molar-refractivity contribution in [3.63, 3.8) is 0 Å². The van der Waals surface area contributed by atoms with Crippen molar-refractivity contribution >= 4 is 27.3 Å². The van der Waals surface area contributed by atoms with Crippen LogP contribution >= 0.6 is 27.3 Å². The van der Waals surface area contributed by atoms with E-state index in [1.165, 1.54) is 20.6 Å². The normalized spacial score (nSPS) is 12.6. The summed E-state index contributed by atoms with van der Waals surface area (Å²) in [4.78, 5) is 4.48. The number of hydrogen-bond donors (Lipinski definition) is 1. The summed E-state index contributed by atoms with van der Waals surface area (Å²) in [6.45, 7) is 5.22. The molecule has 1 atom stereocenters. The highest BCUT2D eigenvalue weighted by molar-refractivity contribution is 9.11. The molecule has 2 rings (SSSR count). The first-order chi connectivity index (χ1) is 8.70. The van der Waals surface area contributed by atoms with Crippen molar-refractivity contribution in [1.29, 1.82) is 0 Å². The van der Waals surface area contributed by atoms with E-state index in [-0.39, 0.29) is 0 Å². The van der Waals surface area contributed by atoms with E-state index >= 15 is 0 Å². The van der Waals surface area contributed by atoms with Gasteiger partial charge in [-0.2, -0.15) is 0 Å². The predicted molar refractivity (Wildman–Crippen MR) is 81.1 cm³/mol. The molecule has 4 heteroatoms. The Morgan fingerprint density at radius 1 is 1.50 bits per heavy atom. The second kappa shape index (κ2) is 6.45. The van der Waals surface area contributed by atoms with Gasteiger partial charge in [-0.1, -0.05) is 13.0 Å². The molecule has 2 nitrogen and oxygen atoms in total. The van der Waals surface area contributed by atoms with Gasteiger partial charge in [0.15, 0.2) is 0 Å². The summed E-state index contributed by atoms with van der Waals surface area (Å²) >= 11 is 5.26. The molecular weight excluding hydrogens is 308 g/mol. The molecule has 0 aliphatic carbocycles. The van der Waals surface area contributed by atoms with E-state index in [4.69, 9.17) is 0 Å². The molecule has 0 saturated heterocycles. The molecular formula is C14H17BrN2S. The smallest absolute Gasteiger partial charge is 0.0701 e. The minimum absolute atomic E-state index is 0.339. The summed E-state index contributed by atoms with van der Waals surface area (Å²) in [7, 11) is 0. The van der Waals surface area contributed by atoms with Gasteiger partial charge in [-0.25, -0.2) is 0 Å². The van der Waals surface area contributed by atoms with Crippen LogP contribution in [0.3, 0.4) is 0 Å². The van der Waals surface area contributed by atoms with Crippen molar-refractivity contribution in [3.05, 3.63) is 50.4 Å². The highest BCUT2D eigenvalue weighted by Gasteiger charge is 2.14. The molecule has 18 heavy (non-hydrogen) atoms. The second-order valence-electron chi connectivity index (χ2n) is 4.27. The molecule has 0 amide bonds. The van der Waals surface area contributed by atoms with Gasteiger partial charge in [-0.15, -0.1) is 11.3 Å². The molecule has 0 aliphatic heterocycles. The van der Waals surface area contributed by atoms with Gasteiger partial charge in [0, 0.05) is 24.4 Å². The largest absolute Gasteiger partial charge is 0.310 e. The van der Waals surface area contributed by atoms with Gasteiger partial charge >= 0.3 is 0 Å². The van der Waals surface area contributed by atoms with Crippen molar-refractivity contribution in [1.82, 2.24) is 10.3 Å². The molecule has 0 spiro atoms. The molecule has 0 aromatic carbocycles. The van der Waals surface area contributed by atoms with Crippen LogP contribution in [-0.4, -0.2) is 11.5 Å². The summed E-state index contributed by atoms with van der Waals surface area (Å²) in [5.41, 5.74) is 3.76. The maximum atomic E-state index is 4.48. The molecule has 0 radical (unpaired) electrons. The Morgan fingerprint density at radius 2 is 2.33 bits per heavy atom. The first kappa shape index (κ1) is 13.7. The van der Waals surface area contributed by atoms with Crippen LogP contribution < -0.4 is 5.32 Å². The number of nitrogens with zero attached hydrogens (tertiary/aromatic N) is 1. The van der Waals surface area contributed by atoms with E-state index in [1.54, 1.807) is 11.3 Å². The molecule has 0 aliphatic rings. The average molecular weight is 325 g/mol. The van der Waals surface area contributed by atoms with Crippen LogP contribution in [0.1, 0.15) is 29.8 Å². The van der Waals surface area contributed by atoms with Gasteiger partial charge in [-0.05, 0) is 58.0 Å². The Hall–Kier alpha value is -0.710. The van der Waals surface area contributed by atoms with Crippen molar-refractivity contribution in [2.45, 2.75) is 26.3 Å². The molecule has 2 aromatic heterocycles. The van der Waals surface area contributed by atoms with Crippen LogP contribution in [-0.2, 0) is 6.42 Å². The fourth-order valence-electron chi connectivity index (χ4n) is 1.99. The Kier molecular flexibility index (Phi) is 4.92. The van der Waals surface area contributed by atoms with Crippen LogP contribution in [0, 0.1) is 6.92 Å². The minimum Gasteiger partial charge on any atom is -0.310 e. The van der Waals surface area contributed by atoms with Crippen molar-refractivity contribution in [2.75, 3.05) is 6.54 Å². The zero-order chi connectivity index (χ0) is 13.0. The number of pyridine rings is 1. The lowest BCUT2D eigenvalue weighted by Crippen LogP contribution is -2.23. The van der Waals surface area contributed by atoms with Gasteiger partial charge in [-0.3, -0.25) is 4.98 Å². The number of halogens is 1. The van der Waals surface area contributed by atoms with Crippen LogP contribution in [0.15, 0.2) is 33.6 Å². The van der Waals surface area contributed by atoms with Gasteiger partial charge < -0.3 is 5.32 Å². The van der Waals surface area contributed by atoms with E-state index in [9.17, 15) is 0 Å². The van der Waals surface area contributed by atoms with E-state index in [2.05, 4.69) is 57.6 Å². The van der Waals surface area contributed by atoms with E-state index in [0.717, 1.165) is 13.0 Å². The molecule has 0 saturated carbocycles. The number of rotatable bonds is 5. The number of likely N-dealkylation sites (N-methyl/N-ethyl adjacent to an activating group) is 1. The summed E-state index contributed by atoms with van der Waals surface area (Å²) in [6, 6.07) is 6.64. The van der Waals surface area contributed by atoms with Gasteiger partial charge in [0.05, 0.1) is 3.79 Å². The van der Waals surface area contributed by atoms with E-state index < -0.39 is 0 Å². The third kappa shape index (κ3) is 3.40. The van der Waals surface area contributed by atoms with Gasteiger partial charge in [0.2, 0.25) is 0 Å². The van der Waals surface area contributed by atoms with Gasteiger partial charge in [0.1, 0.15) is 0 Å². The molecule has 1 N–H and O–H groups in total. The first-order valence-electron chi connectivity index (χ1n) is 6.08. The molecule has 0 fully saturated rings. The lowest BCUT2D eigenvalue weighted by molar-refractivity contribution is 0.544. The second-order valence-corrected chi connectivity index (χ2v) is 6.56. The highest BCUT2D eigenvalue weighted by atomic mass is 79.9. The Morgan fingerprint density at radius 3 is 2.94 bits per heavy atom. The summed E-state index contributed by atoms with van der Waals surface area (Å²) in [5.74, 6) is 0. The monoisotopic (exact) mass is 324 g/mol. The third-order valence-corrected chi connectivity index (χ3v) is 4.48. The average Bonchev–Trinajstić information content (AvgIpc) is 2.78. The SMILES string of the molecule is CCNC(Cc1ncccc1C)c1csc(Br)c1.